The summed E-state index contributed by atoms with van der Waals surface area (Å²) in [4.78, 5) is 28.4. The fourth-order valence-electron chi connectivity index (χ4n) is 2.52. The number of hydrogen-bond acceptors (Lipinski definition) is 4. The highest BCUT2D eigenvalue weighted by Gasteiger charge is 2.12. The van der Waals surface area contributed by atoms with Crippen LogP contribution in [0.3, 0.4) is 0 Å². The SMILES string of the molecule is CN(C)c1cccc(C(=O)NCc2ccc(C(=O)c3ccccc3)s2)c1. The molecule has 132 valence electrons. The van der Waals surface area contributed by atoms with Gasteiger partial charge in [0.25, 0.3) is 5.91 Å². The van der Waals surface area contributed by atoms with Gasteiger partial charge >= 0.3 is 0 Å². The van der Waals surface area contributed by atoms with E-state index < -0.39 is 0 Å². The van der Waals surface area contributed by atoms with Gasteiger partial charge in [-0.15, -0.1) is 11.3 Å². The normalized spacial score (nSPS) is 10.4. The first-order valence-electron chi connectivity index (χ1n) is 8.28. The molecule has 0 atom stereocenters. The van der Waals surface area contributed by atoms with Crippen molar-refractivity contribution in [2.24, 2.45) is 0 Å². The average Bonchev–Trinajstić information content (AvgIpc) is 3.15. The summed E-state index contributed by atoms with van der Waals surface area (Å²) in [6.45, 7) is 0.401. The summed E-state index contributed by atoms with van der Waals surface area (Å²) in [5.41, 5.74) is 2.27. The number of nitrogens with one attached hydrogen (secondary N) is 1. The number of ketones is 1. The van der Waals surface area contributed by atoms with E-state index in [1.54, 1.807) is 18.2 Å². The molecule has 5 heteroatoms. The van der Waals surface area contributed by atoms with Gasteiger partial charge in [-0.1, -0.05) is 36.4 Å². The Bertz CT molecular complexity index is 917. The predicted octanol–water partition coefficient (Wildman–Crippen LogP) is 3.98. The van der Waals surface area contributed by atoms with Gasteiger partial charge in [-0.3, -0.25) is 9.59 Å². The van der Waals surface area contributed by atoms with Crippen molar-refractivity contribution in [3.63, 3.8) is 0 Å². The second kappa shape index (κ2) is 7.97. The number of benzene rings is 2. The summed E-state index contributed by atoms with van der Waals surface area (Å²) in [7, 11) is 3.88. The molecule has 0 saturated carbocycles. The van der Waals surface area contributed by atoms with Crippen LogP contribution in [0.25, 0.3) is 0 Å². The third-order valence-electron chi connectivity index (χ3n) is 3.97. The highest BCUT2D eigenvalue weighted by atomic mass is 32.1. The second-order valence-electron chi connectivity index (χ2n) is 6.09. The van der Waals surface area contributed by atoms with E-state index in [1.807, 2.05) is 67.5 Å². The van der Waals surface area contributed by atoms with E-state index in [2.05, 4.69) is 5.32 Å². The molecule has 0 spiro atoms. The molecule has 0 aliphatic heterocycles. The van der Waals surface area contributed by atoms with Gasteiger partial charge in [-0.2, -0.15) is 0 Å². The third kappa shape index (κ3) is 4.18. The van der Waals surface area contributed by atoms with Gasteiger partial charge in [-0.25, -0.2) is 0 Å². The summed E-state index contributed by atoms with van der Waals surface area (Å²) in [6.07, 6.45) is 0. The van der Waals surface area contributed by atoms with Crippen molar-refractivity contribution in [3.8, 4) is 0 Å². The molecular weight excluding hydrogens is 344 g/mol. The maximum Gasteiger partial charge on any atom is 0.251 e. The first-order valence-corrected chi connectivity index (χ1v) is 9.10. The van der Waals surface area contributed by atoms with Gasteiger partial charge in [0.1, 0.15) is 0 Å². The number of anilines is 1. The van der Waals surface area contributed by atoms with Crippen molar-refractivity contribution >= 4 is 28.7 Å². The molecule has 1 amide bonds. The molecular formula is C21H20N2O2S. The van der Waals surface area contributed by atoms with Crippen LogP contribution in [0.2, 0.25) is 0 Å². The third-order valence-corrected chi connectivity index (χ3v) is 5.05. The molecule has 1 N–H and O–H groups in total. The number of thiophene rings is 1. The monoisotopic (exact) mass is 364 g/mol. The van der Waals surface area contributed by atoms with Crippen LogP contribution in [-0.4, -0.2) is 25.8 Å². The van der Waals surface area contributed by atoms with Crippen molar-refractivity contribution in [3.05, 3.63) is 87.6 Å². The number of carbonyl (C=O) groups excluding carboxylic acids is 2. The maximum atomic E-state index is 12.4. The van der Waals surface area contributed by atoms with Crippen molar-refractivity contribution < 1.29 is 9.59 Å². The molecule has 3 aromatic rings. The van der Waals surface area contributed by atoms with Crippen molar-refractivity contribution in [1.82, 2.24) is 5.32 Å². The average molecular weight is 364 g/mol. The summed E-state index contributed by atoms with van der Waals surface area (Å²) in [5.74, 6) is -0.120. The van der Waals surface area contributed by atoms with Crippen molar-refractivity contribution in [2.45, 2.75) is 6.54 Å². The Hall–Kier alpha value is -2.92. The highest BCUT2D eigenvalue weighted by molar-refractivity contribution is 7.14. The molecule has 2 aromatic carbocycles. The minimum Gasteiger partial charge on any atom is -0.378 e. The van der Waals surface area contributed by atoms with Crippen molar-refractivity contribution in [2.75, 3.05) is 19.0 Å². The molecule has 3 rings (SSSR count). The van der Waals surface area contributed by atoms with Crippen LogP contribution in [0.1, 0.15) is 30.5 Å². The van der Waals surface area contributed by atoms with Crippen LogP contribution in [0.5, 0.6) is 0 Å². The van der Waals surface area contributed by atoms with Gasteiger partial charge in [0, 0.05) is 35.8 Å². The zero-order chi connectivity index (χ0) is 18.5. The number of rotatable bonds is 6. The lowest BCUT2D eigenvalue weighted by Crippen LogP contribution is -2.22. The van der Waals surface area contributed by atoms with Crippen LogP contribution in [0.4, 0.5) is 5.69 Å². The summed E-state index contributed by atoms with van der Waals surface area (Å²) >= 11 is 1.41. The zero-order valence-corrected chi connectivity index (χ0v) is 15.5. The Kier molecular flexibility index (Phi) is 5.49. The van der Waals surface area contributed by atoms with Gasteiger partial charge in [0.15, 0.2) is 0 Å². The fraction of sp³-hybridized carbons (Fsp3) is 0.143. The van der Waals surface area contributed by atoms with Gasteiger partial charge in [0.05, 0.1) is 11.4 Å². The van der Waals surface area contributed by atoms with Gasteiger partial charge < -0.3 is 10.2 Å². The minimum atomic E-state index is -0.127. The highest BCUT2D eigenvalue weighted by Crippen LogP contribution is 2.20. The molecule has 4 nitrogen and oxygen atoms in total. The van der Waals surface area contributed by atoms with Crippen LogP contribution in [0, 0.1) is 0 Å². The fourth-order valence-corrected chi connectivity index (χ4v) is 3.43. The summed E-state index contributed by atoms with van der Waals surface area (Å²) in [6, 6.07) is 20.4. The first-order chi connectivity index (χ1) is 12.5. The standard InChI is InChI=1S/C21H20N2O2S/c1-23(2)17-10-6-9-16(13-17)21(25)22-14-18-11-12-19(26-18)20(24)15-7-4-3-5-8-15/h3-13H,14H2,1-2H3,(H,22,25). The lowest BCUT2D eigenvalue weighted by molar-refractivity contribution is 0.0950. The lowest BCUT2D eigenvalue weighted by Gasteiger charge is -2.13. The molecule has 0 bridgehead atoms. The van der Waals surface area contributed by atoms with Crippen LogP contribution < -0.4 is 10.2 Å². The number of carbonyl (C=O) groups is 2. The summed E-state index contributed by atoms with van der Waals surface area (Å²) < 4.78 is 0. The number of amides is 1. The summed E-state index contributed by atoms with van der Waals surface area (Å²) in [5, 5.41) is 2.92. The molecule has 1 aromatic heterocycles. The van der Waals surface area contributed by atoms with E-state index in [0.717, 1.165) is 10.6 Å². The molecule has 0 aliphatic rings. The zero-order valence-electron chi connectivity index (χ0n) is 14.7. The van der Waals surface area contributed by atoms with E-state index in [9.17, 15) is 9.59 Å². The Labute approximate surface area is 157 Å². The second-order valence-corrected chi connectivity index (χ2v) is 7.26. The first kappa shape index (κ1) is 17.9. The van der Waals surface area contributed by atoms with E-state index >= 15 is 0 Å². The van der Waals surface area contributed by atoms with E-state index in [-0.39, 0.29) is 11.7 Å². The molecule has 0 aliphatic carbocycles. The van der Waals surface area contributed by atoms with Crippen LogP contribution in [-0.2, 0) is 6.54 Å². The number of hydrogen-bond donors (Lipinski definition) is 1. The Morgan fingerprint density at radius 3 is 2.38 bits per heavy atom. The molecule has 26 heavy (non-hydrogen) atoms. The Morgan fingerprint density at radius 1 is 0.923 bits per heavy atom. The predicted molar refractivity (Wildman–Crippen MR) is 106 cm³/mol. The Balaban J connectivity index is 1.64. The van der Waals surface area contributed by atoms with E-state index in [1.165, 1.54) is 11.3 Å². The molecule has 0 fully saturated rings. The van der Waals surface area contributed by atoms with Gasteiger partial charge in [0.2, 0.25) is 5.78 Å². The van der Waals surface area contributed by atoms with Crippen LogP contribution >= 0.6 is 11.3 Å². The molecule has 0 saturated heterocycles. The van der Waals surface area contributed by atoms with Crippen molar-refractivity contribution in [1.29, 1.82) is 0 Å². The van der Waals surface area contributed by atoms with E-state index in [0.29, 0.717) is 22.5 Å². The molecule has 0 radical (unpaired) electrons. The van der Waals surface area contributed by atoms with Gasteiger partial charge in [-0.05, 0) is 30.3 Å². The minimum absolute atomic E-state index is 0.00635. The maximum absolute atomic E-state index is 12.4. The van der Waals surface area contributed by atoms with E-state index in [4.69, 9.17) is 0 Å². The number of nitrogens with zero attached hydrogens (tertiary/aromatic N) is 1. The van der Waals surface area contributed by atoms with Crippen LogP contribution in [0.15, 0.2) is 66.7 Å². The quantitative estimate of drug-likeness (QED) is 0.673. The Morgan fingerprint density at radius 2 is 1.65 bits per heavy atom. The smallest absolute Gasteiger partial charge is 0.251 e. The molecule has 0 unspecified atom stereocenters. The molecule has 1 heterocycles. The topological polar surface area (TPSA) is 49.4 Å². The lowest BCUT2D eigenvalue weighted by atomic mass is 10.1. The largest absolute Gasteiger partial charge is 0.378 e.